The Morgan fingerprint density at radius 2 is 1.76 bits per heavy atom. The third-order valence-corrected chi connectivity index (χ3v) is 4.00. The third-order valence-electron chi connectivity index (χ3n) is 4.00. The van der Waals surface area contributed by atoms with Gasteiger partial charge in [-0.3, -0.25) is 19.7 Å². The molecule has 0 spiro atoms. The predicted molar refractivity (Wildman–Crippen MR) is 89.3 cm³/mol. The quantitative estimate of drug-likeness (QED) is 0.374. The van der Waals surface area contributed by atoms with E-state index < -0.39 is 28.7 Å². The molecule has 7 nitrogen and oxygen atoms in total. The van der Waals surface area contributed by atoms with Crippen LogP contribution in [0, 0.1) is 23.0 Å². The van der Waals surface area contributed by atoms with Crippen molar-refractivity contribution in [3.05, 3.63) is 75.3 Å². The number of carboxylic acid groups (broad SMARTS) is 1. The average Bonchev–Trinajstić information content (AvgIpc) is 2.59. The van der Waals surface area contributed by atoms with Gasteiger partial charge in [0, 0.05) is 17.5 Å². The van der Waals surface area contributed by atoms with E-state index in [9.17, 15) is 24.8 Å². The van der Waals surface area contributed by atoms with E-state index in [1.165, 1.54) is 6.07 Å². The molecule has 2 unspecified atom stereocenters. The molecule has 0 radical (unpaired) electrons. The first kappa shape index (κ1) is 18.1. The molecule has 2 rings (SSSR count). The molecule has 0 aliphatic rings. The lowest BCUT2D eigenvalue weighted by molar-refractivity contribution is -0.385. The van der Waals surface area contributed by atoms with E-state index in [-0.39, 0.29) is 5.69 Å². The zero-order chi connectivity index (χ0) is 18.6. The number of esters is 1. The van der Waals surface area contributed by atoms with Gasteiger partial charge in [-0.1, -0.05) is 42.5 Å². The molecule has 1 N–H and O–H groups in total. The predicted octanol–water partition coefficient (Wildman–Crippen LogP) is 2.91. The summed E-state index contributed by atoms with van der Waals surface area (Å²) >= 11 is 0. The van der Waals surface area contributed by atoms with Gasteiger partial charge in [0.25, 0.3) is 5.69 Å². The summed E-state index contributed by atoms with van der Waals surface area (Å²) in [5.74, 6) is -4.70. The Labute approximate surface area is 144 Å². The second-order valence-corrected chi connectivity index (χ2v) is 5.53. The van der Waals surface area contributed by atoms with Crippen molar-refractivity contribution in [3.63, 3.8) is 0 Å². The van der Waals surface area contributed by atoms with Gasteiger partial charge in [0.05, 0.1) is 12.0 Å². The number of carbonyl (C=O) groups is 2. The first-order chi connectivity index (χ1) is 11.9. The van der Waals surface area contributed by atoms with E-state index in [2.05, 4.69) is 4.74 Å². The number of carboxylic acids is 1. The highest BCUT2D eigenvalue weighted by Crippen LogP contribution is 2.35. The summed E-state index contributed by atoms with van der Waals surface area (Å²) in [4.78, 5) is 34.5. The average molecular weight is 343 g/mol. The fraction of sp³-hybridized carbons (Fsp3) is 0.222. The van der Waals surface area contributed by atoms with Gasteiger partial charge in [-0.15, -0.1) is 0 Å². The third kappa shape index (κ3) is 3.82. The first-order valence-electron chi connectivity index (χ1n) is 7.47. The van der Waals surface area contributed by atoms with Gasteiger partial charge >= 0.3 is 11.9 Å². The van der Waals surface area contributed by atoms with Crippen molar-refractivity contribution < 1.29 is 24.4 Å². The molecular formula is C18H17NO6. The molecule has 7 heteroatoms. The van der Waals surface area contributed by atoms with Gasteiger partial charge in [-0.25, -0.2) is 0 Å². The standard InChI is InChI=1S/C18H17NO6/c1-11-8-9-13(10-14(11)19(23)24)15(12-6-4-3-5-7-12)16(17(20)21)18(22)25-2/h3-10,15-16H,1-2H3,(H,20,21). The maximum absolute atomic E-state index is 12.1. The Balaban J connectivity index is 2.68. The Morgan fingerprint density at radius 3 is 2.28 bits per heavy atom. The number of nitro groups is 1. The van der Waals surface area contributed by atoms with Crippen LogP contribution in [0.1, 0.15) is 22.6 Å². The number of hydrogen-bond acceptors (Lipinski definition) is 5. The minimum atomic E-state index is -1.52. The minimum Gasteiger partial charge on any atom is -0.481 e. The molecule has 0 aromatic heterocycles. The smallest absolute Gasteiger partial charge is 0.321 e. The molecule has 2 atom stereocenters. The summed E-state index contributed by atoms with van der Waals surface area (Å²) in [5.41, 5.74) is 1.23. The lowest BCUT2D eigenvalue weighted by Crippen LogP contribution is -2.31. The molecule has 0 saturated heterocycles. The maximum Gasteiger partial charge on any atom is 0.321 e. The monoisotopic (exact) mass is 343 g/mol. The molecule has 2 aromatic carbocycles. The second kappa shape index (κ2) is 7.57. The van der Waals surface area contributed by atoms with Crippen LogP contribution in [-0.2, 0) is 14.3 Å². The number of carbonyl (C=O) groups excluding carboxylic acids is 1. The van der Waals surface area contributed by atoms with Crippen molar-refractivity contribution in [3.8, 4) is 0 Å². The number of nitro benzene ring substituents is 1. The zero-order valence-electron chi connectivity index (χ0n) is 13.7. The molecule has 0 aliphatic carbocycles. The number of ether oxygens (including phenoxy) is 1. The first-order valence-corrected chi connectivity index (χ1v) is 7.47. The number of aliphatic carboxylic acids is 1. The lowest BCUT2D eigenvalue weighted by atomic mass is 9.80. The Bertz CT molecular complexity index is 802. The molecule has 0 aliphatic heterocycles. The molecule has 2 aromatic rings. The summed E-state index contributed by atoms with van der Waals surface area (Å²) in [6.07, 6.45) is 0. The number of benzene rings is 2. The summed E-state index contributed by atoms with van der Waals surface area (Å²) < 4.78 is 4.65. The number of nitrogens with zero attached hydrogens (tertiary/aromatic N) is 1. The summed E-state index contributed by atoms with van der Waals surface area (Å²) in [6.45, 7) is 1.59. The van der Waals surface area contributed by atoms with E-state index in [4.69, 9.17) is 0 Å². The van der Waals surface area contributed by atoms with Gasteiger partial charge < -0.3 is 9.84 Å². The highest BCUT2D eigenvalue weighted by molar-refractivity contribution is 5.95. The number of aryl methyl sites for hydroxylation is 1. The molecule has 0 saturated carbocycles. The van der Waals surface area contributed by atoms with Crippen LogP contribution in [-0.4, -0.2) is 29.1 Å². The summed E-state index contributed by atoms with van der Waals surface area (Å²) in [7, 11) is 1.11. The normalized spacial score (nSPS) is 12.9. The lowest BCUT2D eigenvalue weighted by Gasteiger charge is -2.23. The van der Waals surface area contributed by atoms with Gasteiger partial charge in [-0.05, 0) is 18.1 Å². The van der Waals surface area contributed by atoms with Crippen LogP contribution in [0.5, 0.6) is 0 Å². The van der Waals surface area contributed by atoms with Crippen LogP contribution in [0.25, 0.3) is 0 Å². The molecule has 0 fully saturated rings. The van der Waals surface area contributed by atoms with E-state index in [0.29, 0.717) is 16.7 Å². The van der Waals surface area contributed by atoms with Gasteiger partial charge in [0.15, 0.2) is 5.92 Å². The van der Waals surface area contributed by atoms with Crippen LogP contribution in [0.3, 0.4) is 0 Å². The van der Waals surface area contributed by atoms with Crippen LogP contribution < -0.4 is 0 Å². The molecule has 0 heterocycles. The van der Waals surface area contributed by atoms with Crippen molar-refractivity contribution in [2.45, 2.75) is 12.8 Å². The van der Waals surface area contributed by atoms with Crippen molar-refractivity contribution >= 4 is 17.6 Å². The Kier molecular flexibility index (Phi) is 5.49. The number of rotatable bonds is 6. The van der Waals surface area contributed by atoms with Crippen molar-refractivity contribution in [1.82, 2.24) is 0 Å². The van der Waals surface area contributed by atoms with Crippen LogP contribution in [0.2, 0.25) is 0 Å². The molecular weight excluding hydrogens is 326 g/mol. The van der Waals surface area contributed by atoms with Gasteiger partial charge in [0.1, 0.15) is 0 Å². The Hall–Kier alpha value is -3.22. The number of methoxy groups -OCH3 is 1. The zero-order valence-corrected chi connectivity index (χ0v) is 13.7. The van der Waals surface area contributed by atoms with Crippen LogP contribution >= 0.6 is 0 Å². The SMILES string of the molecule is COC(=O)C(C(=O)O)C(c1ccccc1)c1ccc(C)c([N+](=O)[O-])c1. The van der Waals surface area contributed by atoms with E-state index >= 15 is 0 Å². The van der Waals surface area contributed by atoms with Crippen LogP contribution in [0.15, 0.2) is 48.5 Å². The highest BCUT2D eigenvalue weighted by atomic mass is 16.6. The van der Waals surface area contributed by atoms with E-state index in [1.54, 1.807) is 49.4 Å². The van der Waals surface area contributed by atoms with E-state index in [1.807, 2.05) is 0 Å². The molecule has 130 valence electrons. The summed E-state index contributed by atoms with van der Waals surface area (Å²) in [5, 5.41) is 20.8. The summed E-state index contributed by atoms with van der Waals surface area (Å²) in [6, 6.07) is 13.0. The molecule has 0 bridgehead atoms. The van der Waals surface area contributed by atoms with Crippen molar-refractivity contribution in [2.75, 3.05) is 7.11 Å². The van der Waals surface area contributed by atoms with Crippen molar-refractivity contribution in [2.24, 2.45) is 5.92 Å². The molecule has 25 heavy (non-hydrogen) atoms. The van der Waals surface area contributed by atoms with Crippen LogP contribution in [0.4, 0.5) is 5.69 Å². The minimum absolute atomic E-state index is 0.132. The fourth-order valence-corrected chi connectivity index (χ4v) is 2.76. The van der Waals surface area contributed by atoms with Crippen molar-refractivity contribution in [1.29, 1.82) is 0 Å². The topological polar surface area (TPSA) is 107 Å². The molecule has 0 amide bonds. The Morgan fingerprint density at radius 1 is 1.12 bits per heavy atom. The van der Waals surface area contributed by atoms with E-state index in [0.717, 1.165) is 7.11 Å². The number of hydrogen-bond donors (Lipinski definition) is 1. The largest absolute Gasteiger partial charge is 0.481 e. The second-order valence-electron chi connectivity index (χ2n) is 5.53. The fourth-order valence-electron chi connectivity index (χ4n) is 2.76. The maximum atomic E-state index is 12.1. The highest BCUT2D eigenvalue weighted by Gasteiger charge is 2.38. The van der Waals surface area contributed by atoms with Gasteiger partial charge in [0.2, 0.25) is 0 Å². The van der Waals surface area contributed by atoms with Gasteiger partial charge in [-0.2, -0.15) is 0 Å².